The van der Waals surface area contributed by atoms with Crippen molar-refractivity contribution in [3.05, 3.63) is 0 Å². The average molecular weight is 257 g/mol. The van der Waals surface area contributed by atoms with Crippen LogP contribution in [0.4, 0.5) is 0 Å². The highest BCUT2D eigenvalue weighted by Gasteiger charge is 2.38. The van der Waals surface area contributed by atoms with Gasteiger partial charge in [-0.2, -0.15) is 0 Å². The highest BCUT2D eigenvalue weighted by molar-refractivity contribution is 4.95. The molecule has 0 amide bonds. The van der Waals surface area contributed by atoms with Gasteiger partial charge in [0, 0.05) is 45.9 Å². The summed E-state index contributed by atoms with van der Waals surface area (Å²) in [4.78, 5) is 5.07. The third-order valence-electron chi connectivity index (χ3n) is 4.89. The van der Waals surface area contributed by atoms with Crippen LogP contribution >= 0.6 is 0 Å². The Kier molecular flexibility index (Phi) is 6.05. The van der Waals surface area contributed by atoms with Crippen LogP contribution in [0.25, 0.3) is 0 Å². The van der Waals surface area contributed by atoms with E-state index in [1.54, 1.807) is 7.11 Å². The molecule has 18 heavy (non-hydrogen) atoms. The Morgan fingerprint density at radius 1 is 1.22 bits per heavy atom. The fourth-order valence-corrected chi connectivity index (χ4v) is 2.74. The first-order valence-corrected chi connectivity index (χ1v) is 7.21. The number of methoxy groups -OCH3 is 1. The van der Waals surface area contributed by atoms with Gasteiger partial charge >= 0.3 is 0 Å². The molecule has 4 nitrogen and oxygen atoms in total. The molecule has 1 fully saturated rings. The second kappa shape index (κ2) is 6.85. The van der Waals surface area contributed by atoms with Crippen molar-refractivity contribution in [2.75, 3.05) is 39.8 Å². The predicted octanol–water partition coefficient (Wildman–Crippen LogP) is 1.15. The van der Waals surface area contributed by atoms with Crippen molar-refractivity contribution in [1.82, 2.24) is 9.80 Å². The minimum Gasteiger partial charge on any atom is -0.380 e. The highest BCUT2D eigenvalue weighted by atomic mass is 16.5. The maximum absolute atomic E-state index is 6.00. The van der Waals surface area contributed by atoms with Gasteiger partial charge < -0.3 is 10.5 Å². The van der Waals surface area contributed by atoms with E-state index in [2.05, 4.69) is 37.5 Å². The Morgan fingerprint density at radius 2 is 1.78 bits per heavy atom. The second-order valence-corrected chi connectivity index (χ2v) is 5.72. The van der Waals surface area contributed by atoms with E-state index in [9.17, 15) is 0 Å². The summed E-state index contributed by atoms with van der Waals surface area (Å²) in [5.41, 5.74) is 5.95. The quantitative estimate of drug-likeness (QED) is 0.775. The summed E-state index contributed by atoms with van der Waals surface area (Å²) in [5, 5.41) is 0. The molecule has 1 aliphatic rings. The molecule has 0 bridgehead atoms. The van der Waals surface area contributed by atoms with Crippen LogP contribution in [0.15, 0.2) is 0 Å². The molecule has 108 valence electrons. The van der Waals surface area contributed by atoms with E-state index in [1.807, 2.05) is 0 Å². The van der Waals surface area contributed by atoms with Crippen molar-refractivity contribution in [3.8, 4) is 0 Å². The molecule has 0 radical (unpaired) electrons. The first kappa shape index (κ1) is 15.9. The Morgan fingerprint density at radius 3 is 2.17 bits per heavy atom. The van der Waals surface area contributed by atoms with Gasteiger partial charge in [0.15, 0.2) is 0 Å². The number of nitrogens with two attached hydrogens (primary N) is 1. The molecule has 1 rings (SSSR count). The zero-order valence-electron chi connectivity index (χ0n) is 12.8. The smallest absolute Gasteiger partial charge is 0.0736 e. The lowest BCUT2D eigenvalue weighted by molar-refractivity contribution is -0.0533. The third kappa shape index (κ3) is 3.23. The van der Waals surface area contributed by atoms with E-state index in [1.165, 1.54) is 6.42 Å². The lowest BCUT2D eigenvalue weighted by Gasteiger charge is -2.48. The monoisotopic (exact) mass is 257 g/mol. The minimum absolute atomic E-state index is 0.0453. The predicted molar refractivity (Wildman–Crippen MR) is 76.8 cm³/mol. The maximum atomic E-state index is 6.00. The van der Waals surface area contributed by atoms with Crippen LogP contribution in [-0.4, -0.2) is 67.3 Å². The SMILES string of the molecule is CCC(C)N1CCN(C(C)(CN)C(C)OC)CC1. The lowest BCUT2D eigenvalue weighted by atomic mass is 9.92. The molecule has 2 N–H and O–H groups in total. The summed E-state index contributed by atoms with van der Waals surface area (Å²) in [6.07, 6.45) is 1.39. The molecule has 0 aromatic heterocycles. The van der Waals surface area contributed by atoms with Crippen LogP contribution in [0.5, 0.6) is 0 Å². The number of piperazine rings is 1. The van der Waals surface area contributed by atoms with Crippen LogP contribution in [0, 0.1) is 0 Å². The van der Waals surface area contributed by atoms with Gasteiger partial charge in [-0.15, -0.1) is 0 Å². The van der Waals surface area contributed by atoms with Gasteiger partial charge in [0.05, 0.1) is 11.6 Å². The molecule has 0 saturated carbocycles. The summed E-state index contributed by atoms with van der Waals surface area (Å²) in [5.74, 6) is 0. The fourth-order valence-electron chi connectivity index (χ4n) is 2.74. The van der Waals surface area contributed by atoms with Crippen LogP contribution in [-0.2, 0) is 4.74 Å². The molecule has 3 atom stereocenters. The molecule has 1 saturated heterocycles. The number of hydrogen-bond donors (Lipinski definition) is 1. The summed E-state index contributed by atoms with van der Waals surface area (Å²) < 4.78 is 5.52. The standard InChI is InChI=1S/C14H31N3O/c1-6-12(2)16-7-9-17(10-8-16)14(4,11-15)13(3)18-5/h12-13H,6-11,15H2,1-5H3. The molecule has 0 aromatic rings. The van der Waals surface area contributed by atoms with Gasteiger partial charge in [-0.05, 0) is 27.2 Å². The van der Waals surface area contributed by atoms with Crippen molar-refractivity contribution in [3.63, 3.8) is 0 Å². The fraction of sp³-hybridized carbons (Fsp3) is 1.00. The Labute approximate surface area is 112 Å². The van der Waals surface area contributed by atoms with E-state index < -0.39 is 0 Å². The molecule has 1 aliphatic heterocycles. The summed E-state index contributed by atoms with van der Waals surface area (Å²) in [7, 11) is 1.77. The van der Waals surface area contributed by atoms with E-state index in [4.69, 9.17) is 10.5 Å². The maximum Gasteiger partial charge on any atom is 0.0736 e. The molecule has 0 aromatic carbocycles. The van der Waals surface area contributed by atoms with E-state index in [0.29, 0.717) is 12.6 Å². The normalized spacial score (nSPS) is 25.7. The molecular weight excluding hydrogens is 226 g/mol. The summed E-state index contributed by atoms with van der Waals surface area (Å²) in [6, 6.07) is 0.691. The molecule has 1 heterocycles. The van der Waals surface area contributed by atoms with Gasteiger partial charge in [-0.25, -0.2) is 0 Å². The van der Waals surface area contributed by atoms with Crippen LogP contribution in [0.3, 0.4) is 0 Å². The third-order valence-corrected chi connectivity index (χ3v) is 4.89. The Bertz CT molecular complexity index is 241. The van der Waals surface area contributed by atoms with Crippen molar-refractivity contribution >= 4 is 0 Å². The molecule has 3 unspecified atom stereocenters. The summed E-state index contributed by atoms with van der Waals surface area (Å²) in [6.45, 7) is 14.0. The number of hydrogen-bond acceptors (Lipinski definition) is 4. The van der Waals surface area contributed by atoms with Crippen molar-refractivity contribution in [2.45, 2.75) is 51.8 Å². The average Bonchev–Trinajstić information content (AvgIpc) is 2.44. The minimum atomic E-state index is -0.0453. The number of rotatable bonds is 6. The topological polar surface area (TPSA) is 41.7 Å². The van der Waals surface area contributed by atoms with Gasteiger partial charge in [0.25, 0.3) is 0 Å². The van der Waals surface area contributed by atoms with Crippen molar-refractivity contribution < 1.29 is 4.74 Å². The zero-order valence-corrected chi connectivity index (χ0v) is 12.8. The van der Waals surface area contributed by atoms with E-state index >= 15 is 0 Å². The van der Waals surface area contributed by atoms with Gasteiger partial charge in [0.2, 0.25) is 0 Å². The number of nitrogens with zero attached hydrogens (tertiary/aromatic N) is 2. The number of ether oxygens (including phenoxy) is 1. The highest BCUT2D eigenvalue weighted by Crippen LogP contribution is 2.23. The Hall–Kier alpha value is -0.160. The van der Waals surface area contributed by atoms with E-state index in [-0.39, 0.29) is 11.6 Å². The van der Waals surface area contributed by atoms with Crippen molar-refractivity contribution in [2.24, 2.45) is 5.73 Å². The van der Waals surface area contributed by atoms with Crippen molar-refractivity contribution in [1.29, 1.82) is 0 Å². The Balaban J connectivity index is 2.60. The van der Waals surface area contributed by atoms with Gasteiger partial charge in [-0.1, -0.05) is 6.92 Å². The molecule has 0 spiro atoms. The van der Waals surface area contributed by atoms with Crippen LogP contribution in [0.2, 0.25) is 0 Å². The summed E-state index contributed by atoms with van der Waals surface area (Å²) >= 11 is 0. The first-order chi connectivity index (χ1) is 8.49. The molecular formula is C14H31N3O. The second-order valence-electron chi connectivity index (χ2n) is 5.72. The van der Waals surface area contributed by atoms with Gasteiger partial charge in [0.1, 0.15) is 0 Å². The van der Waals surface area contributed by atoms with Crippen LogP contribution in [0.1, 0.15) is 34.1 Å². The molecule has 4 heteroatoms. The zero-order chi connectivity index (χ0) is 13.8. The lowest BCUT2D eigenvalue weighted by Crippen LogP contribution is -2.64. The largest absolute Gasteiger partial charge is 0.380 e. The van der Waals surface area contributed by atoms with Gasteiger partial charge in [-0.3, -0.25) is 9.80 Å². The first-order valence-electron chi connectivity index (χ1n) is 7.21. The molecule has 0 aliphatic carbocycles. The van der Waals surface area contributed by atoms with E-state index in [0.717, 1.165) is 26.2 Å². The van der Waals surface area contributed by atoms with Crippen LogP contribution < -0.4 is 5.73 Å².